The van der Waals surface area contributed by atoms with Gasteiger partial charge in [-0.3, -0.25) is 0 Å². The first kappa shape index (κ1) is 17.9. The summed E-state index contributed by atoms with van der Waals surface area (Å²) in [6, 6.07) is 0.133. The maximum absolute atomic E-state index is 12.2. The van der Waals surface area contributed by atoms with E-state index in [1.807, 2.05) is 0 Å². The molecule has 1 N–H and O–H groups in total. The zero-order valence-corrected chi connectivity index (χ0v) is 13.0. The van der Waals surface area contributed by atoms with Gasteiger partial charge in [0.1, 0.15) is 0 Å². The molecule has 1 unspecified atom stereocenters. The standard InChI is InChI=1S/C14H24F3N3O/c1-5-8-18-10(13(2,3)4)9-12-19-11(20-21-12)6-7-14(15,16)17/h10,18H,5-9H2,1-4H3. The van der Waals surface area contributed by atoms with E-state index >= 15 is 0 Å². The molecule has 1 rings (SSSR count). The van der Waals surface area contributed by atoms with Crippen molar-refractivity contribution in [3.05, 3.63) is 11.7 Å². The maximum Gasteiger partial charge on any atom is 0.389 e. The van der Waals surface area contributed by atoms with Gasteiger partial charge in [-0.05, 0) is 18.4 Å². The third-order valence-corrected chi connectivity index (χ3v) is 3.21. The van der Waals surface area contributed by atoms with Crippen LogP contribution < -0.4 is 5.32 Å². The number of rotatable bonds is 7. The Morgan fingerprint density at radius 1 is 1.24 bits per heavy atom. The van der Waals surface area contributed by atoms with Gasteiger partial charge in [-0.15, -0.1) is 0 Å². The van der Waals surface area contributed by atoms with Crippen molar-refractivity contribution >= 4 is 0 Å². The molecule has 122 valence electrons. The first-order chi connectivity index (χ1) is 9.62. The van der Waals surface area contributed by atoms with Gasteiger partial charge in [0, 0.05) is 18.9 Å². The molecule has 0 spiro atoms. The van der Waals surface area contributed by atoms with Crippen molar-refractivity contribution in [2.75, 3.05) is 6.54 Å². The predicted molar refractivity (Wildman–Crippen MR) is 73.9 cm³/mol. The molecule has 0 aliphatic rings. The highest BCUT2D eigenvalue weighted by Crippen LogP contribution is 2.23. The molecule has 0 aromatic carbocycles. The Hall–Kier alpha value is -1.11. The Balaban J connectivity index is 2.62. The van der Waals surface area contributed by atoms with Crippen LogP contribution in [-0.2, 0) is 12.8 Å². The summed E-state index contributed by atoms with van der Waals surface area (Å²) in [4.78, 5) is 4.06. The lowest BCUT2D eigenvalue weighted by atomic mass is 9.84. The maximum atomic E-state index is 12.2. The van der Waals surface area contributed by atoms with Crippen LogP contribution in [0.4, 0.5) is 13.2 Å². The van der Waals surface area contributed by atoms with Gasteiger partial charge in [0.2, 0.25) is 5.89 Å². The summed E-state index contributed by atoms with van der Waals surface area (Å²) in [5.74, 6) is 0.501. The zero-order chi connectivity index (χ0) is 16.1. The molecule has 0 saturated carbocycles. The monoisotopic (exact) mass is 307 g/mol. The molecule has 0 bridgehead atoms. The Kier molecular flexibility index (Phi) is 6.19. The van der Waals surface area contributed by atoms with Crippen molar-refractivity contribution in [3.63, 3.8) is 0 Å². The number of aromatic nitrogens is 2. The van der Waals surface area contributed by atoms with Crippen LogP contribution >= 0.6 is 0 Å². The highest BCUT2D eigenvalue weighted by atomic mass is 19.4. The lowest BCUT2D eigenvalue weighted by Gasteiger charge is -2.30. The number of aryl methyl sites for hydroxylation is 1. The van der Waals surface area contributed by atoms with E-state index in [2.05, 4.69) is 43.2 Å². The van der Waals surface area contributed by atoms with E-state index in [-0.39, 0.29) is 23.7 Å². The van der Waals surface area contributed by atoms with Crippen LogP contribution in [0.1, 0.15) is 52.3 Å². The smallest absolute Gasteiger partial charge is 0.339 e. The van der Waals surface area contributed by atoms with Crippen molar-refractivity contribution in [1.29, 1.82) is 0 Å². The minimum Gasteiger partial charge on any atom is -0.339 e. The fourth-order valence-corrected chi connectivity index (χ4v) is 1.91. The second kappa shape index (κ2) is 7.24. The summed E-state index contributed by atoms with van der Waals surface area (Å²) in [5.41, 5.74) is -0.00419. The highest BCUT2D eigenvalue weighted by Gasteiger charge is 2.29. The molecule has 1 aromatic rings. The fourth-order valence-electron chi connectivity index (χ4n) is 1.91. The van der Waals surface area contributed by atoms with Gasteiger partial charge >= 0.3 is 6.18 Å². The highest BCUT2D eigenvalue weighted by molar-refractivity contribution is 4.93. The topological polar surface area (TPSA) is 51.0 Å². The molecule has 1 aromatic heterocycles. The summed E-state index contributed by atoms with van der Waals surface area (Å²) >= 11 is 0. The van der Waals surface area contributed by atoms with Crippen LogP contribution in [0.25, 0.3) is 0 Å². The van der Waals surface area contributed by atoms with Crippen molar-refractivity contribution < 1.29 is 17.7 Å². The fraction of sp³-hybridized carbons (Fsp3) is 0.857. The van der Waals surface area contributed by atoms with Crippen molar-refractivity contribution in [2.45, 2.75) is 65.6 Å². The van der Waals surface area contributed by atoms with Gasteiger partial charge in [0.05, 0.1) is 6.42 Å². The number of halogens is 3. The van der Waals surface area contributed by atoms with Crippen LogP contribution in [0, 0.1) is 5.41 Å². The van der Waals surface area contributed by atoms with E-state index in [0.717, 1.165) is 13.0 Å². The Labute approximate surface area is 123 Å². The number of nitrogens with one attached hydrogen (secondary N) is 1. The molecule has 1 atom stereocenters. The van der Waals surface area contributed by atoms with Crippen LogP contribution in [0.2, 0.25) is 0 Å². The Morgan fingerprint density at radius 3 is 2.43 bits per heavy atom. The Bertz CT molecular complexity index is 424. The summed E-state index contributed by atoms with van der Waals surface area (Å²) in [6.07, 6.45) is -3.84. The molecule has 7 heteroatoms. The SMILES string of the molecule is CCCNC(Cc1nc(CCC(F)(F)F)no1)C(C)(C)C. The molecule has 0 saturated heterocycles. The molecule has 1 heterocycles. The van der Waals surface area contributed by atoms with E-state index in [0.29, 0.717) is 12.3 Å². The van der Waals surface area contributed by atoms with E-state index in [4.69, 9.17) is 4.52 Å². The third-order valence-electron chi connectivity index (χ3n) is 3.21. The average molecular weight is 307 g/mol. The van der Waals surface area contributed by atoms with Gasteiger partial charge in [-0.25, -0.2) is 0 Å². The molecule has 0 aliphatic carbocycles. The minimum absolute atomic E-state index is 0.00419. The lowest BCUT2D eigenvalue weighted by molar-refractivity contribution is -0.134. The summed E-state index contributed by atoms with van der Waals surface area (Å²) in [5, 5.41) is 7.04. The van der Waals surface area contributed by atoms with E-state index in [9.17, 15) is 13.2 Å². The third kappa shape index (κ3) is 6.93. The molecule has 21 heavy (non-hydrogen) atoms. The van der Waals surface area contributed by atoms with Crippen LogP contribution in [-0.4, -0.2) is 28.9 Å². The quantitative estimate of drug-likeness (QED) is 0.837. The van der Waals surface area contributed by atoms with Gasteiger partial charge in [0.15, 0.2) is 5.82 Å². The van der Waals surface area contributed by atoms with Gasteiger partial charge in [-0.2, -0.15) is 18.2 Å². The summed E-state index contributed by atoms with van der Waals surface area (Å²) in [7, 11) is 0. The summed E-state index contributed by atoms with van der Waals surface area (Å²) < 4.78 is 41.5. The molecular formula is C14H24F3N3O. The van der Waals surface area contributed by atoms with Crippen LogP contribution in [0.5, 0.6) is 0 Å². The number of hydrogen-bond donors (Lipinski definition) is 1. The average Bonchev–Trinajstić information content (AvgIpc) is 2.77. The van der Waals surface area contributed by atoms with Crippen molar-refractivity contribution in [1.82, 2.24) is 15.5 Å². The molecule has 4 nitrogen and oxygen atoms in total. The first-order valence-electron chi connectivity index (χ1n) is 7.23. The Morgan fingerprint density at radius 2 is 1.90 bits per heavy atom. The van der Waals surface area contributed by atoms with Gasteiger partial charge < -0.3 is 9.84 Å². The van der Waals surface area contributed by atoms with Crippen molar-refractivity contribution in [2.24, 2.45) is 5.41 Å². The molecule has 0 radical (unpaired) electrons. The van der Waals surface area contributed by atoms with Crippen molar-refractivity contribution in [3.8, 4) is 0 Å². The number of nitrogens with zero attached hydrogens (tertiary/aromatic N) is 2. The van der Waals surface area contributed by atoms with Crippen LogP contribution in [0.15, 0.2) is 4.52 Å². The van der Waals surface area contributed by atoms with E-state index in [1.165, 1.54) is 0 Å². The predicted octanol–water partition coefficient (Wildman–Crippen LogP) is 3.52. The van der Waals surface area contributed by atoms with E-state index < -0.39 is 12.6 Å². The number of alkyl halides is 3. The largest absolute Gasteiger partial charge is 0.389 e. The first-order valence-corrected chi connectivity index (χ1v) is 7.23. The minimum atomic E-state index is -4.20. The lowest BCUT2D eigenvalue weighted by Crippen LogP contribution is -2.42. The molecular weight excluding hydrogens is 283 g/mol. The van der Waals surface area contributed by atoms with Gasteiger partial charge in [-0.1, -0.05) is 32.9 Å². The second-order valence-electron chi connectivity index (χ2n) is 6.30. The number of hydrogen-bond acceptors (Lipinski definition) is 4. The zero-order valence-electron chi connectivity index (χ0n) is 13.0. The molecule has 0 fully saturated rings. The molecule has 0 aliphatic heterocycles. The van der Waals surface area contributed by atoms with Crippen LogP contribution in [0.3, 0.4) is 0 Å². The normalized spacial score (nSPS) is 14.4. The summed E-state index contributed by atoms with van der Waals surface area (Å²) in [6.45, 7) is 9.25. The van der Waals surface area contributed by atoms with E-state index in [1.54, 1.807) is 0 Å². The second-order valence-corrected chi connectivity index (χ2v) is 6.30. The molecule has 0 amide bonds. The van der Waals surface area contributed by atoms with Gasteiger partial charge in [0.25, 0.3) is 0 Å².